The lowest BCUT2D eigenvalue weighted by Crippen LogP contribution is -2.38. The molecule has 0 aromatic carbocycles. The van der Waals surface area contributed by atoms with Gasteiger partial charge in [-0.25, -0.2) is 0 Å². The predicted octanol–water partition coefficient (Wildman–Crippen LogP) is 5.92. The highest BCUT2D eigenvalue weighted by Gasteiger charge is 2.24. The number of hydrogen-bond donors (Lipinski definition) is 0. The van der Waals surface area contributed by atoms with Crippen LogP contribution in [0.1, 0.15) is 84.5 Å². The maximum Gasteiger partial charge on any atom is 0.0984 e. The fourth-order valence-electron chi connectivity index (χ4n) is 3.54. The van der Waals surface area contributed by atoms with E-state index in [1.165, 1.54) is 64.2 Å². The van der Waals surface area contributed by atoms with Gasteiger partial charge in [0, 0.05) is 5.33 Å². The van der Waals surface area contributed by atoms with E-state index in [1.807, 2.05) is 0 Å². The molecule has 0 spiro atoms. The summed E-state index contributed by atoms with van der Waals surface area (Å²) in [5, 5.41) is 0.728. The van der Waals surface area contributed by atoms with Gasteiger partial charge >= 0.3 is 0 Å². The summed E-state index contributed by atoms with van der Waals surface area (Å²) in [4.78, 5) is 0. The molecule has 0 bridgehead atoms. The molecule has 0 aromatic heterocycles. The van der Waals surface area contributed by atoms with Crippen LogP contribution in [0.2, 0.25) is 0 Å². The molecule has 1 aliphatic rings. The van der Waals surface area contributed by atoms with E-state index in [9.17, 15) is 0 Å². The zero-order chi connectivity index (χ0) is 21.8. The Morgan fingerprint density at radius 3 is 2.03 bits per heavy atom. The van der Waals surface area contributed by atoms with Crippen molar-refractivity contribution in [1.82, 2.24) is 0 Å². The molecular weight excluding hydrogens is 448 g/mol. The summed E-state index contributed by atoms with van der Waals surface area (Å²) >= 11 is 3.52. The van der Waals surface area contributed by atoms with E-state index >= 15 is 0 Å². The standard InChI is InChI=1S/C24H47BrO5/c1-3-4-5-6-7-8-9-10-11-12-13-23-20-27-17-19-30-24(2,21-25)22-28-15-14-26-16-18-29-23/h23H,3-22H2,1-2H3. The molecule has 2 unspecified atom stereocenters. The molecule has 6 heteroatoms. The van der Waals surface area contributed by atoms with Crippen molar-refractivity contribution in [3.8, 4) is 0 Å². The zero-order valence-corrected chi connectivity index (χ0v) is 21.2. The molecule has 0 aromatic rings. The van der Waals surface area contributed by atoms with Crippen LogP contribution in [0.15, 0.2) is 0 Å². The van der Waals surface area contributed by atoms with Crippen LogP contribution in [-0.2, 0) is 23.7 Å². The van der Waals surface area contributed by atoms with Crippen LogP contribution in [0.3, 0.4) is 0 Å². The molecule has 1 fully saturated rings. The maximum atomic E-state index is 6.02. The first kappa shape index (κ1) is 28.3. The molecule has 0 saturated carbocycles. The third-order valence-corrected chi connectivity index (χ3v) is 6.69. The Morgan fingerprint density at radius 1 is 0.733 bits per heavy atom. The average Bonchev–Trinajstić information content (AvgIpc) is 2.76. The largest absolute Gasteiger partial charge is 0.377 e. The van der Waals surface area contributed by atoms with Crippen molar-refractivity contribution in [1.29, 1.82) is 0 Å². The Morgan fingerprint density at radius 2 is 1.33 bits per heavy atom. The van der Waals surface area contributed by atoms with Crippen LogP contribution >= 0.6 is 15.9 Å². The Labute approximate surface area is 194 Å². The van der Waals surface area contributed by atoms with Crippen molar-refractivity contribution < 1.29 is 23.7 Å². The molecular formula is C24H47BrO5. The molecule has 180 valence electrons. The van der Waals surface area contributed by atoms with Gasteiger partial charge in [-0.3, -0.25) is 0 Å². The minimum atomic E-state index is -0.338. The van der Waals surface area contributed by atoms with Gasteiger partial charge in [-0.1, -0.05) is 87.1 Å². The van der Waals surface area contributed by atoms with Crippen LogP contribution in [0.5, 0.6) is 0 Å². The normalized spacial score (nSPS) is 25.5. The first-order valence-corrected chi connectivity index (χ1v) is 13.4. The second kappa shape index (κ2) is 19.9. The first-order chi connectivity index (χ1) is 14.7. The van der Waals surface area contributed by atoms with Gasteiger partial charge < -0.3 is 23.7 Å². The minimum absolute atomic E-state index is 0.145. The smallest absolute Gasteiger partial charge is 0.0984 e. The number of ether oxygens (including phenoxy) is 5. The summed E-state index contributed by atoms with van der Waals surface area (Å²) in [5.74, 6) is 0. The summed E-state index contributed by atoms with van der Waals surface area (Å²) < 4.78 is 29.2. The number of hydrogen-bond acceptors (Lipinski definition) is 5. The van der Waals surface area contributed by atoms with Crippen LogP contribution < -0.4 is 0 Å². The zero-order valence-electron chi connectivity index (χ0n) is 19.6. The maximum absolute atomic E-state index is 6.02. The minimum Gasteiger partial charge on any atom is -0.377 e. The molecule has 1 rings (SSSR count). The van der Waals surface area contributed by atoms with E-state index in [2.05, 4.69) is 29.8 Å². The molecule has 1 saturated heterocycles. The van der Waals surface area contributed by atoms with Crippen LogP contribution in [-0.4, -0.2) is 69.9 Å². The van der Waals surface area contributed by atoms with Crippen molar-refractivity contribution in [2.75, 3.05) is 58.2 Å². The predicted molar refractivity (Wildman–Crippen MR) is 127 cm³/mol. The number of halogens is 1. The van der Waals surface area contributed by atoms with Crippen molar-refractivity contribution in [2.45, 2.75) is 96.2 Å². The van der Waals surface area contributed by atoms with Gasteiger partial charge in [0.25, 0.3) is 0 Å². The second-order valence-corrected chi connectivity index (χ2v) is 9.20. The van der Waals surface area contributed by atoms with Gasteiger partial charge in [-0.15, -0.1) is 0 Å². The number of rotatable bonds is 12. The van der Waals surface area contributed by atoms with E-state index in [4.69, 9.17) is 23.7 Å². The summed E-state index contributed by atoms with van der Waals surface area (Å²) in [5.41, 5.74) is -0.338. The van der Waals surface area contributed by atoms with Gasteiger partial charge in [-0.05, 0) is 13.3 Å². The van der Waals surface area contributed by atoms with E-state index in [1.54, 1.807) is 0 Å². The SMILES string of the molecule is CCCCCCCCCCCCC1COCCOC(C)(CBr)COCCOCCO1. The highest BCUT2D eigenvalue weighted by molar-refractivity contribution is 9.09. The van der Waals surface area contributed by atoms with E-state index < -0.39 is 0 Å². The first-order valence-electron chi connectivity index (χ1n) is 12.2. The third-order valence-electron chi connectivity index (χ3n) is 5.50. The van der Waals surface area contributed by atoms with Gasteiger partial charge in [0.15, 0.2) is 0 Å². The molecule has 1 aliphatic heterocycles. The molecule has 5 nitrogen and oxygen atoms in total. The van der Waals surface area contributed by atoms with E-state index in [0.717, 1.165) is 11.8 Å². The summed E-state index contributed by atoms with van der Waals surface area (Å²) in [6.07, 6.45) is 14.7. The lowest BCUT2D eigenvalue weighted by molar-refractivity contribution is -0.0933. The van der Waals surface area contributed by atoms with E-state index in [0.29, 0.717) is 52.9 Å². The van der Waals surface area contributed by atoms with E-state index in [-0.39, 0.29) is 11.7 Å². The second-order valence-electron chi connectivity index (χ2n) is 8.64. The average molecular weight is 496 g/mol. The molecule has 2 atom stereocenters. The molecule has 0 radical (unpaired) electrons. The van der Waals surface area contributed by atoms with Crippen LogP contribution in [0.4, 0.5) is 0 Å². The van der Waals surface area contributed by atoms with Gasteiger partial charge in [0.1, 0.15) is 0 Å². The van der Waals surface area contributed by atoms with Gasteiger partial charge in [0.05, 0.1) is 64.6 Å². The Hall–Kier alpha value is 0.280. The fraction of sp³-hybridized carbons (Fsp3) is 1.00. The van der Waals surface area contributed by atoms with Crippen molar-refractivity contribution >= 4 is 15.9 Å². The summed E-state index contributed by atoms with van der Waals surface area (Å²) in [7, 11) is 0. The Bertz CT molecular complexity index is 372. The number of alkyl halides is 1. The molecule has 0 aliphatic carbocycles. The highest BCUT2D eigenvalue weighted by Crippen LogP contribution is 2.16. The highest BCUT2D eigenvalue weighted by atomic mass is 79.9. The van der Waals surface area contributed by atoms with Gasteiger partial charge in [-0.2, -0.15) is 0 Å². The molecule has 0 amide bonds. The molecule has 0 N–H and O–H groups in total. The third kappa shape index (κ3) is 16.0. The van der Waals surface area contributed by atoms with Crippen LogP contribution in [0, 0.1) is 0 Å². The fourth-order valence-corrected chi connectivity index (χ4v) is 3.86. The van der Waals surface area contributed by atoms with Crippen molar-refractivity contribution in [3.05, 3.63) is 0 Å². The van der Waals surface area contributed by atoms with Crippen molar-refractivity contribution in [2.24, 2.45) is 0 Å². The molecule has 1 heterocycles. The lowest BCUT2D eigenvalue weighted by atomic mass is 10.0. The van der Waals surface area contributed by atoms with Crippen molar-refractivity contribution in [3.63, 3.8) is 0 Å². The van der Waals surface area contributed by atoms with Crippen LogP contribution in [0.25, 0.3) is 0 Å². The Balaban J connectivity index is 2.19. The summed E-state index contributed by atoms with van der Waals surface area (Å²) in [6, 6.07) is 0. The number of unbranched alkanes of at least 4 members (excludes halogenated alkanes) is 9. The van der Waals surface area contributed by atoms with Gasteiger partial charge in [0.2, 0.25) is 0 Å². The Kier molecular flexibility index (Phi) is 18.8. The monoisotopic (exact) mass is 494 g/mol. The topological polar surface area (TPSA) is 46.2 Å². The lowest BCUT2D eigenvalue weighted by Gasteiger charge is -2.27. The quantitative estimate of drug-likeness (QED) is 0.249. The molecule has 30 heavy (non-hydrogen) atoms. The summed E-state index contributed by atoms with van der Waals surface area (Å²) in [6.45, 7) is 9.01.